The van der Waals surface area contributed by atoms with Crippen LogP contribution in [0.1, 0.15) is 21.7 Å². The number of carboxylic acids is 1. The molecule has 0 amide bonds. The van der Waals surface area contributed by atoms with Gasteiger partial charge in [-0.25, -0.2) is 4.79 Å². The molecule has 3 aromatic rings. The normalized spacial score (nSPS) is 11.7. The summed E-state index contributed by atoms with van der Waals surface area (Å²) in [7, 11) is 0. The maximum Gasteiger partial charge on any atom is 0.416 e. The standard InChI is InChI=1S/C19H13F3N2O3/c20-19(21,22)14-3-1-2-13(10-14)17-9-8-16(27-17)11-23-24-15-6-4-12(5-7-15)18(25)26/h1-11,24H,(H,25,26)/b23-11+. The molecule has 0 saturated heterocycles. The minimum absolute atomic E-state index is 0.154. The highest BCUT2D eigenvalue weighted by Gasteiger charge is 2.30. The molecular weight excluding hydrogens is 361 g/mol. The summed E-state index contributed by atoms with van der Waals surface area (Å²) in [4.78, 5) is 10.8. The van der Waals surface area contributed by atoms with Crippen molar-refractivity contribution in [2.24, 2.45) is 5.10 Å². The smallest absolute Gasteiger partial charge is 0.416 e. The summed E-state index contributed by atoms with van der Waals surface area (Å²) in [5.74, 6) is -0.395. The second-order valence-corrected chi connectivity index (χ2v) is 5.53. The lowest BCUT2D eigenvalue weighted by atomic mass is 10.1. The highest BCUT2D eigenvalue weighted by Crippen LogP contribution is 2.32. The van der Waals surface area contributed by atoms with E-state index in [-0.39, 0.29) is 11.3 Å². The fourth-order valence-electron chi connectivity index (χ4n) is 2.28. The van der Waals surface area contributed by atoms with Crippen molar-refractivity contribution < 1.29 is 27.5 Å². The number of nitrogens with one attached hydrogen (secondary N) is 1. The molecule has 138 valence electrons. The Kier molecular flexibility index (Phi) is 4.98. The van der Waals surface area contributed by atoms with Crippen LogP contribution in [-0.4, -0.2) is 17.3 Å². The number of benzene rings is 2. The van der Waals surface area contributed by atoms with E-state index < -0.39 is 17.7 Å². The molecule has 0 bridgehead atoms. The Morgan fingerprint density at radius 2 is 1.81 bits per heavy atom. The first kappa shape index (κ1) is 18.2. The third kappa shape index (κ3) is 4.55. The van der Waals surface area contributed by atoms with Crippen LogP contribution in [-0.2, 0) is 6.18 Å². The summed E-state index contributed by atoms with van der Waals surface area (Å²) in [6.07, 6.45) is -3.06. The molecule has 1 heterocycles. The van der Waals surface area contributed by atoms with Crippen molar-refractivity contribution in [1.82, 2.24) is 0 Å². The summed E-state index contributed by atoms with van der Waals surface area (Å²) in [6, 6.07) is 13.9. The Balaban J connectivity index is 1.69. The predicted octanol–water partition coefficient (Wildman–Crippen LogP) is 5.11. The van der Waals surface area contributed by atoms with Gasteiger partial charge in [0, 0.05) is 5.56 Å². The summed E-state index contributed by atoms with van der Waals surface area (Å²) < 4.78 is 43.9. The van der Waals surface area contributed by atoms with Gasteiger partial charge in [0.1, 0.15) is 11.5 Å². The number of hydrogen-bond donors (Lipinski definition) is 2. The SMILES string of the molecule is O=C(O)c1ccc(N/N=C/c2ccc(-c3cccc(C(F)(F)F)c3)o2)cc1. The zero-order valence-electron chi connectivity index (χ0n) is 13.7. The molecule has 0 aliphatic heterocycles. The first-order valence-corrected chi connectivity index (χ1v) is 7.73. The van der Waals surface area contributed by atoms with Crippen LogP contribution in [0.5, 0.6) is 0 Å². The van der Waals surface area contributed by atoms with Crippen LogP contribution < -0.4 is 5.43 Å². The molecule has 2 aromatic carbocycles. The van der Waals surface area contributed by atoms with Crippen molar-refractivity contribution in [1.29, 1.82) is 0 Å². The van der Waals surface area contributed by atoms with Gasteiger partial charge in [-0.1, -0.05) is 12.1 Å². The zero-order chi connectivity index (χ0) is 19.4. The van der Waals surface area contributed by atoms with Crippen molar-refractivity contribution in [2.45, 2.75) is 6.18 Å². The minimum atomic E-state index is -4.42. The molecule has 0 aliphatic rings. The van der Waals surface area contributed by atoms with Gasteiger partial charge in [0.25, 0.3) is 0 Å². The van der Waals surface area contributed by atoms with E-state index in [4.69, 9.17) is 9.52 Å². The minimum Gasteiger partial charge on any atom is -0.478 e. The number of aromatic carboxylic acids is 1. The second kappa shape index (κ2) is 7.36. The van der Waals surface area contributed by atoms with Gasteiger partial charge < -0.3 is 9.52 Å². The van der Waals surface area contributed by atoms with Crippen molar-refractivity contribution in [3.05, 3.63) is 77.6 Å². The fourth-order valence-corrected chi connectivity index (χ4v) is 2.28. The van der Waals surface area contributed by atoms with Crippen LogP contribution in [0.2, 0.25) is 0 Å². The maximum absolute atomic E-state index is 12.8. The van der Waals surface area contributed by atoms with E-state index in [1.165, 1.54) is 30.5 Å². The van der Waals surface area contributed by atoms with E-state index in [1.807, 2.05) is 0 Å². The summed E-state index contributed by atoms with van der Waals surface area (Å²) in [6.45, 7) is 0. The molecule has 0 radical (unpaired) electrons. The van der Waals surface area contributed by atoms with Crippen LogP contribution in [0.25, 0.3) is 11.3 Å². The highest BCUT2D eigenvalue weighted by atomic mass is 19.4. The van der Waals surface area contributed by atoms with E-state index in [9.17, 15) is 18.0 Å². The number of hydrogen-bond acceptors (Lipinski definition) is 4. The Hall–Kier alpha value is -3.55. The first-order chi connectivity index (χ1) is 12.8. The third-order valence-corrected chi connectivity index (χ3v) is 3.62. The first-order valence-electron chi connectivity index (χ1n) is 7.73. The number of furan rings is 1. The van der Waals surface area contributed by atoms with Gasteiger partial charge in [0.05, 0.1) is 23.0 Å². The van der Waals surface area contributed by atoms with Crippen molar-refractivity contribution in [2.75, 3.05) is 5.43 Å². The number of rotatable bonds is 5. The van der Waals surface area contributed by atoms with Gasteiger partial charge >= 0.3 is 12.1 Å². The van der Waals surface area contributed by atoms with E-state index >= 15 is 0 Å². The average molecular weight is 374 g/mol. The Bertz CT molecular complexity index is 976. The molecule has 1 aromatic heterocycles. The van der Waals surface area contributed by atoms with E-state index in [0.717, 1.165) is 12.1 Å². The highest BCUT2D eigenvalue weighted by molar-refractivity contribution is 5.88. The molecule has 0 saturated carbocycles. The Morgan fingerprint density at radius 1 is 1.07 bits per heavy atom. The quantitative estimate of drug-likeness (QED) is 0.481. The fraction of sp³-hybridized carbons (Fsp3) is 0.0526. The molecule has 2 N–H and O–H groups in total. The largest absolute Gasteiger partial charge is 0.478 e. The second-order valence-electron chi connectivity index (χ2n) is 5.53. The number of carbonyl (C=O) groups is 1. The van der Waals surface area contributed by atoms with Gasteiger partial charge in [-0.05, 0) is 48.5 Å². The molecule has 5 nitrogen and oxygen atoms in total. The van der Waals surface area contributed by atoms with Crippen LogP contribution in [0.15, 0.2) is 70.2 Å². The van der Waals surface area contributed by atoms with Crippen molar-refractivity contribution in [3.63, 3.8) is 0 Å². The predicted molar refractivity (Wildman–Crippen MR) is 93.8 cm³/mol. The zero-order valence-corrected chi connectivity index (χ0v) is 13.7. The van der Waals surface area contributed by atoms with Crippen LogP contribution >= 0.6 is 0 Å². The Morgan fingerprint density at radius 3 is 2.48 bits per heavy atom. The number of carboxylic acid groups (broad SMARTS) is 1. The van der Waals surface area contributed by atoms with Crippen LogP contribution in [0.4, 0.5) is 18.9 Å². The molecule has 0 spiro atoms. The lowest BCUT2D eigenvalue weighted by molar-refractivity contribution is -0.137. The molecular formula is C19H13F3N2O3. The summed E-state index contributed by atoms with van der Waals surface area (Å²) >= 11 is 0. The van der Waals surface area contributed by atoms with Gasteiger partial charge in [-0.15, -0.1) is 0 Å². The molecule has 8 heteroatoms. The van der Waals surface area contributed by atoms with Gasteiger partial charge in [-0.2, -0.15) is 18.3 Å². The molecule has 0 atom stereocenters. The maximum atomic E-state index is 12.8. The number of hydrazone groups is 1. The van der Waals surface area contributed by atoms with Crippen LogP contribution in [0.3, 0.4) is 0 Å². The van der Waals surface area contributed by atoms with E-state index in [0.29, 0.717) is 17.0 Å². The van der Waals surface area contributed by atoms with Crippen molar-refractivity contribution in [3.8, 4) is 11.3 Å². The number of anilines is 1. The van der Waals surface area contributed by atoms with Gasteiger partial charge in [0.2, 0.25) is 0 Å². The lowest BCUT2D eigenvalue weighted by Gasteiger charge is -2.07. The monoisotopic (exact) mass is 374 g/mol. The lowest BCUT2D eigenvalue weighted by Crippen LogP contribution is -2.04. The Labute approximate surface area is 151 Å². The molecule has 0 fully saturated rings. The van der Waals surface area contributed by atoms with Gasteiger partial charge in [-0.3, -0.25) is 5.43 Å². The summed E-state index contributed by atoms with van der Waals surface area (Å²) in [5.41, 5.74) is 2.98. The molecule has 3 rings (SSSR count). The third-order valence-electron chi connectivity index (χ3n) is 3.62. The molecule has 0 aliphatic carbocycles. The van der Waals surface area contributed by atoms with Gasteiger partial charge in [0.15, 0.2) is 0 Å². The van der Waals surface area contributed by atoms with Crippen LogP contribution in [0, 0.1) is 0 Å². The molecule has 27 heavy (non-hydrogen) atoms. The number of halogens is 3. The topological polar surface area (TPSA) is 74.8 Å². The number of nitrogens with zero attached hydrogens (tertiary/aromatic N) is 1. The van der Waals surface area contributed by atoms with E-state index in [2.05, 4.69) is 10.5 Å². The van der Waals surface area contributed by atoms with Crippen molar-refractivity contribution >= 4 is 17.9 Å². The average Bonchev–Trinajstić information content (AvgIpc) is 3.10. The van der Waals surface area contributed by atoms with E-state index in [1.54, 1.807) is 24.3 Å². The summed E-state index contributed by atoms with van der Waals surface area (Å²) in [5, 5.41) is 12.8. The molecule has 0 unspecified atom stereocenters. The number of alkyl halides is 3.